The van der Waals surface area contributed by atoms with Gasteiger partial charge in [0, 0.05) is 35.0 Å². The number of halogens is 1. The van der Waals surface area contributed by atoms with Crippen LogP contribution in [0.25, 0.3) is 0 Å². The van der Waals surface area contributed by atoms with Crippen molar-refractivity contribution in [3.05, 3.63) is 58.1 Å². The third-order valence-electron chi connectivity index (χ3n) is 5.10. The van der Waals surface area contributed by atoms with Gasteiger partial charge in [0.1, 0.15) is 11.5 Å². The first-order chi connectivity index (χ1) is 15.9. The molecule has 2 aromatic rings. The van der Waals surface area contributed by atoms with Crippen molar-refractivity contribution in [2.75, 3.05) is 45.4 Å². The molecule has 0 aliphatic heterocycles. The van der Waals surface area contributed by atoms with Crippen LogP contribution in [0.1, 0.15) is 34.8 Å². The zero-order valence-electron chi connectivity index (χ0n) is 19.7. The highest BCUT2D eigenvalue weighted by atomic mass is 35.5. The van der Waals surface area contributed by atoms with Crippen LogP contribution in [0.2, 0.25) is 5.02 Å². The van der Waals surface area contributed by atoms with E-state index in [1.807, 2.05) is 36.1 Å². The van der Waals surface area contributed by atoms with Crippen LogP contribution in [-0.4, -0.2) is 62.2 Å². The molecule has 1 amide bonds. The molecule has 0 unspecified atom stereocenters. The molecule has 0 atom stereocenters. The third kappa shape index (κ3) is 8.48. The first-order valence-corrected chi connectivity index (χ1v) is 12.4. The van der Waals surface area contributed by atoms with E-state index in [-0.39, 0.29) is 17.6 Å². The summed E-state index contributed by atoms with van der Waals surface area (Å²) < 4.78 is 15.8. The second-order valence-electron chi connectivity index (χ2n) is 7.39. The number of amides is 1. The Labute approximate surface area is 205 Å². The lowest BCUT2D eigenvalue weighted by Crippen LogP contribution is -2.34. The van der Waals surface area contributed by atoms with Gasteiger partial charge in [-0.3, -0.25) is 9.59 Å². The summed E-state index contributed by atoms with van der Waals surface area (Å²) in [7, 11) is 3.15. The Hall–Kier alpha value is -2.38. The van der Waals surface area contributed by atoms with E-state index in [9.17, 15) is 9.59 Å². The SMILES string of the molecule is CCOC(=O)CSCCN(CCCc1cccc(Cl)c1)C(=O)c1cc(OC)c(C)c(OC)c1. The molecule has 2 rings (SSSR count). The average Bonchev–Trinajstić information content (AvgIpc) is 2.80. The molecule has 0 heterocycles. The van der Waals surface area contributed by atoms with Crippen molar-refractivity contribution in [2.45, 2.75) is 26.7 Å². The van der Waals surface area contributed by atoms with E-state index in [1.165, 1.54) is 11.8 Å². The van der Waals surface area contributed by atoms with Gasteiger partial charge in [-0.1, -0.05) is 23.7 Å². The standard InChI is InChI=1S/C25H32ClNO5S/c1-5-32-24(28)17-33-13-12-27(11-7-9-19-8-6-10-21(26)14-19)25(29)20-15-22(30-3)18(2)23(16-20)31-4/h6,8,10,14-16H,5,7,9,11-13,17H2,1-4H3. The molecule has 0 N–H and O–H groups in total. The fourth-order valence-electron chi connectivity index (χ4n) is 3.41. The van der Waals surface area contributed by atoms with Gasteiger partial charge in [0.2, 0.25) is 0 Å². The molecule has 0 aromatic heterocycles. The third-order valence-corrected chi connectivity index (χ3v) is 6.25. The molecular formula is C25H32ClNO5S. The van der Waals surface area contributed by atoms with Crippen LogP contribution in [0.4, 0.5) is 0 Å². The highest BCUT2D eigenvalue weighted by molar-refractivity contribution is 7.99. The maximum atomic E-state index is 13.4. The maximum Gasteiger partial charge on any atom is 0.315 e. The molecule has 0 spiro atoms. The molecule has 6 nitrogen and oxygen atoms in total. The summed E-state index contributed by atoms with van der Waals surface area (Å²) in [5.41, 5.74) is 2.48. The highest BCUT2D eigenvalue weighted by Crippen LogP contribution is 2.30. The van der Waals surface area contributed by atoms with Gasteiger partial charge in [-0.15, -0.1) is 11.8 Å². The summed E-state index contributed by atoms with van der Waals surface area (Å²) in [5.74, 6) is 1.76. The highest BCUT2D eigenvalue weighted by Gasteiger charge is 2.19. The van der Waals surface area contributed by atoms with Gasteiger partial charge in [-0.2, -0.15) is 0 Å². The normalized spacial score (nSPS) is 10.6. The first-order valence-electron chi connectivity index (χ1n) is 10.9. The number of thioether (sulfide) groups is 1. The minimum absolute atomic E-state index is 0.102. The number of aryl methyl sites for hydroxylation is 1. The molecule has 0 saturated heterocycles. The minimum Gasteiger partial charge on any atom is -0.496 e. The van der Waals surface area contributed by atoms with Crippen molar-refractivity contribution >= 4 is 35.2 Å². The summed E-state index contributed by atoms with van der Waals surface area (Å²) >= 11 is 7.55. The Kier molecular flexibility index (Phi) is 11.4. The van der Waals surface area contributed by atoms with E-state index >= 15 is 0 Å². The van der Waals surface area contributed by atoms with Gasteiger partial charge < -0.3 is 19.1 Å². The summed E-state index contributed by atoms with van der Waals surface area (Å²) in [5, 5.41) is 0.703. The van der Waals surface area contributed by atoms with Gasteiger partial charge in [-0.05, 0) is 56.5 Å². The van der Waals surface area contributed by atoms with Crippen molar-refractivity contribution in [1.29, 1.82) is 0 Å². The first kappa shape index (κ1) is 26.9. The van der Waals surface area contributed by atoms with Gasteiger partial charge in [-0.25, -0.2) is 0 Å². The lowest BCUT2D eigenvalue weighted by atomic mass is 10.1. The summed E-state index contributed by atoms with van der Waals surface area (Å²) in [6.45, 7) is 5.12. The van der Waals surface area contributed by atoms with Gasteiger partial charge >= 0.3 is 5.97 Å². The Balaban J connectivity index is 2.11. The molecule has 8 heteroatoms. The summed E-state index contributed by atoms with van der Waals surface area (Å²) in [4.78, 5) is 26.8. The van der Waals surface area contributed by atoms with Crippen molar-refractivity contribution in [1.82, 2.24) is 4.90 Å². The number of benzene rings is 2. The predicted molar refractivity (Wildman–Crippen MR) is 134 cm³/mol. The van der Waals surface area contributed by atoms with E-state index in [2.05, 4.69) is 0 Å². The molecule has 0 saturated carbocycles. The van der Waals surface area contributed by atoms with Crippen LogP contribution >= 0.6 is 23.4 Å². The fourth-order valence-corrected chi connectivity index (χ4v) is 4.36. The summed E-state index contributed by atoms with van der Waals surface area (Å²) in [6.07, 6.45) is 1.59. The molecular weight excluding hydrogens is 462 g/mol. The van der Waals surface area contributed by atoms with Crippen LogP contribution in [0.3, 0.4) is 0 Å². The van der Waals surface area contributed by atoms with Gasteiger partial charge in [0.05, 0.1) is 26.6 Å². The second-order valence-corrected chi connectivity index (χ2v) is 8.93. The van der Waals surface area contributed by atoms with E-state index in [0.29, 0.717) is 47.5 Å². The number of methoxy groups -OCH3 is 2. The van der Waals surface area contributed by atoms with E-state index in [1.54, 1.807) is 33.3 Å². The van der Waals surface area contributed by atoms with Crippen LogP contribution < -0.4 is 9.47 Å². The minimum atomic E-state index is -0.241. The van der Waals surface area contributed by atoms with Crippen LogP contribution in [0.5, 0.6) is 11.5 Å². The topological polar surface area (TPSA) is 65.1 Å². The fraction of sp³-hybridized carbons (Fsp3) is 0.440. The monoisotopic (exact) mass is 493 g/mol. The van der Waals surface area contributed by atoms with E-state index in [0.717, 1.165) is 24.0 Å². The average molecular weight is 494 g/mol. The van der Waals surface area contributed by atoms with Crippen LogP contribution in [0.15, 0.2) is 36.4 Å². The zero-order valence-corrected chi connectivity index (χ0v) is 21.3. The number of esters is 1. The molecule has 0 aliphatic rings. The molecule has 2 aromatic carbocycles. The molecule has 0 aliphatic carbocycles. The number of ether oxygens (including phenoxy) is 3. The molecule has 0 bridgehead atoms. The number of hydrogen-bond acceptors (Lipinski definition) is 6. The Morgan fingerprint density at radius 3 is 2.36 bits per heavy atom. The lowest BCUT2D eigenvalue weighted by molar-refractivity contribution is -0.139. The predicted octanol–water partition coefficient (Wildman–Crippen LogP) is 5.04. The largest absolute Gasteiger partial charge is 0.496 e. The lowest BCUT2D eigenvalue weighted by Gasteiger charge is -2.24. The Morgan fingerprint density at radius 2 is 1.76 bits per heavy atom. The van der Waals surface area contributed by atoms with E-state index < -0.39 is 0 Å². The summed E-state index contributed by atoms with van der Waals surface area (Å²) in [6, 6.07) is 11.2. The van der Waals surface area contributed by atoms with Crippen LogP contribution in [-0.2, 0) is 16.0 Å². The molecule has 180 valence electrons. The molecule has 33 heavy (non-hydrogen) atoms. The second kappa shape index (κ2) is 14.0. The number of hydrogen-bond donors (Lipinski definition) is 0. The number of carbonyl (C=O) groups is 2. The van der Waals surface area contributed by atoms with Crippen molar-refractivity contribution in [3.8, 4) is 11.5 Å². The maximum absolute atomic E-state index is 13.4. The smallest absolute Gasteiger partial charge is 0.315 e. The quantitative estimate of drug-likeness (QED) is 0.288. The Bertz CT molecular complexity index is 912. The van der Waals surface area contributed by atoms with Gasteiger partial charge in [0.15, 0.2) is 0 Å². The zero-order chi connectivity index (χ0) is 24.2. The van der Waals surface area contributed by atoms with E-state index in [4.69, 9.17) is 25.8 Å². The van der Waals surface area contributed by atoms with Crippen molar-refractivity contribution in [3.63, 3.8) is 0 Å². The molecule has 0 fully saturated rings. The number of nitrogens with zero attached hydrogens (tertiary/aromatic N) is 1. The Morgan fingerprint density at radius 1 is 1.06 bits per heavy atom. The molecule has 0 radical (unpaired) electrons. The van der Waals surface area contributed by atoms with Crippen LogP contribution in [0, 0.1) is 6.92 Å². The van der Waals surface area contributed by atoms with Crippen molar-refractivity contribution in [2.24, 2.45) is 0 Å². The number of rotatable bonds is 13. The number of carbonyl (C=O) groups excluding carboxylic acids is 2. The van der Waals surface area contributed by atoms with Crippen molar-refractivity contribution < 1.29 is 23.8 Å². The van der Waals surface area contributed by atoms with Gasteiger partial charge in [0.25, 0.3) is 5.91 Å².